The van der Waals surface area contributed by atoms with E-state index >= 15 is 0 Å². The molecule has 1 atom stereocenters. The van der Waals surface area contributed by atoms with Crippen molar-refractivity contribution < 1.29 is 4.74 Å². The molecule has 4 heteroatoms. The fourth-order valence-corrected chi connectivity index (χ4v) is 1.77. The predicted octanol–water partition coefficient (Wildman–Crippen LogP) is 1.89. The van der Waals surface area contributed by atoms with Crippen LogP contribution in [0.15, 0.2) is 12.3 Å². The average molecular weight is 225 g/mol. The number of ether oxygens (including phenoxy) is 1. The smallest absolute Gasteiger partial charge is 0.0551 e. The molecule has 1 heterocycles. The molecule has 0 saturated carbocycles. The molecule has 0 aliphatic rings. The minimum atomic E-state index is 0.342. The van der Waals surface area contributed by atoms with Crippen LogP contribution in [-0.2, 0) is 11.8 Å². The largest absolute Gasteiger partial charge is 0.381 e. The Morgan fingerprint density at radius 2 is 2.25 bits per heavy atom. The summed E-state index contributed by atoms with van der Waals surface area (Å²) in [4.78, 5) is 0. The molecule has 0 aromatic carbocycles. The van der Waals surface area contributed by atoms with E-state index in [1.54, 1.807) is 0 Å². The van der Waals surface area contributed by atoms with Gasteiger partial charge in [-0.3, -0.25) is 4.68 Å². The van der Waals surface area contributed by atoms with E-state index in [0.717, 1.165) is 32.6 Å². The molecule has 1 aromatic rings. The number of nitrogens with zero attached hydrogens (tertiary/aromatic N) is 2. The molecule has 0 aliphatic heterocycles. The van der Waals surface area contributed by atoms with Gasteiger partial charge in [-0.1, -0.05) is 13.8 Å². The number of nitrogens with one attached hydrogen (secondary N) is 1. The van der Waals surface area contributed by atoms with E-state index in [9.17, 15) is 0 Å². The van der Waals surface area contributed by atoms with Crippen LogP contribution >= 0.6 is 0 Å². The maximum atomic E-state index is 5.53. The van der Waals surface area contributed by atoms with Crippen LogP contribution in [0.25, 0.3) is 0 Å². The second-order valence-electron chi connectivity index (χ2n) is 3.89. The van der Waals surface area contributed by atoms with Crippen LogP contribution in [0.5, 0.6) is 0 Å². The van der Waals surface area contributed by atoms with Gasteiger partial charge in [-0.2, -0.15) is 5.10 Å². The van der Waals surface area contributed by atoms with Crippen LogP contribution in [0.2, 0.25) is 0 Å². The highest BCUT2D eigenvalue weighted by molar-refractivity contribution is 5.06. The summed E-state index contributed by atoms with van der Waals surface area (Å²) in [6, 6.07) is 2.40. The minimum Gasteiger partial charge on any atom is -0.381 e. The van der Waals surface area contributed by atoms with Crippen molar-refractivity contribution in [1.29, 1.82) is 0 Å². The van der Waals surface area contributed by atoms with Crippen molar-refractivity contribution in [3.8, 4) is 0 Å². The van der Waals surface area contributed by atoms with Crippen LogP contribution in [0.4, 0.5) is 0 Å². The lowest BCUT2D eigenvalue weighted by molar-refractivity contribution is 0.124. The standard InChI is InChI=1S/C12H23N3O/c1-4-9-16-10-7-11(13-5-2)12-6-8-14-15(12)3/h6,8,11,13H,4-5,7,9-10H2,1-3H3. The summed E-state index contributed by atoms with van der Waals surface area (Å²) in [5, 5.41) is 7.66. The lowest BCUT2D eigenvalue weighted by Gasteiger charge is -2.18. The van der Waals surface area contributed by atoms with Crippen molar-refractivity contribution in [2.75, 3.05) is 19.8 Å². The lowest BCUT2D eigenvalue weighted by Crippen LogP contribution is -2.24. The van der Waals surface area contributed by atoms with E-state index in [-0.39, 0.29) is 0 Å². The Morgan fingerprint density at radius 3 is 2.81 bits per heavy atom. The molecule has 0 fully saturated rings. The molecule has 16 heavy (non-hydrogen) atoms. The summed E-state index contributed by atoms with van der Waals surface area (Å²) in [6.45, 7) is 6.86. The summed E-state index contributed by atoms with van der Waals surface area (Å²) in [5.74, 6) is 0. The topological polar surface area (TPSA) is 39.1 Å². The number of aromatic nitrogens is 2. The fraction of sp³-hybridized carbons (Fsp3) is 0.750. The Labute approximate surface area is 98.0 Å². The van der Waals surface area contributed by atoms with Gasteiger partial charge in [0, 0.05) is 26.5 Å². The lowest BCUT2D eigenvalue weighted by atomic mass is 10.1. The van der Waals surface area contributed by atoms with Crippen molar-refractivity contribution in [2.24, 2.45) is 7.05 Å². The van der Waals surface area contributed by atoms with Crippen molar-refractivity contribution in [3.05, 3.63) is 18.0 Å². The van der Waals surface area contributed by atoms with Gasteiger partial charge in [0.25, 0.3) is 0 Å². The first-order valence-corrected chi connectivity index (χ1v) is 6.08. The van der Waals surface area contributed by atoms with Gasteiger partial charge in [-0.15, -0.1) is 0 Å². The van der Waals surface area contributed by atoms with Crippen LogP contribution in [0, 0.1) is 0 Å². The molecular weight excluding hydrogens is 202 g/mol. The molecule has 0 radical (unpaired) electrons. The monoisotopic (exact) mass is 225 g/mol. The Balaban J connectivity index is 2.45. The molecule has 1 aromatic heterocycles. The zero-order valence-electron chi connectivity index (χ0n) is 10.6. The molecule has 0 spiro atoms. The van der Waals surface area contributed by atoms with Gasteiger partial charge in [0.05, 0.1) is 11.7 Å². The summed E-state index contributed by atoms with van der Waals surface area (Å²) in [5.41, 5.74) is 1.22. The maximum absolute atomic E-state index is 5.53. The first-order valence-electron chi connectivity index (χ1n) is 6.08. The third-order valence-corrected chi connectivity index (χ3v) is 2.57. The van der Waals surface area contributed by atoms with Crippen LogP contribution in [-0.4, -0.2) is 29.5 Å². The van der Waals surface area contributed by atoms with Crippen molar-refractivity contribution in [2.45, 2.75) is 32.7 Å². The zero-order valence-corrected chi connectivity index (χ0v) is 10.6. The normalized spacial score (nSPS) is 12.9. The van der Waals surface area contributed by atoms with Crippen molar-refractivity contribution >= 4 is 0 Å². The number of rotatable bonds is 8. The third kappa shape index (κ3) is 3.94. The third-order valence-electron chi connectivity index (χ3n) is 2.57. The second kappa shape index (κ2) is 7.41. The number of aryl methyl sites for hydroxylation is 1. The molecule has 1 unspecified atom stereocenters. The fourth-order valence-electron chi connectivity index (χ4n) is 1.77. The molecule has 4 nitrogen and oxygen atoms in total. The van der Waals surface area contributed by atoms with Gasteiger partial charge >= 0.3 is 0 Å². The van der Waals surface area contributed by atoms with E-state index in [4.69, 9.17) is 4.74 Å². The molecule has 1 rings (SSSR count). The van der Waals surface area contributed by atoms with Gasteiger partial charge < -0.3 is 10.1 Å². The van der Waals surface area contributed by atoms with E-state index in [1.807, 2.05) is 17.9 Å². The average Bonchev–Trinajstić information content (AvgIpc) is 2.69. The number of hydrogen-bond donors (Lipinski definition) is 1. The first kappa shape index (κ1) is 13.2. The molecule has 0 saturated heterocycles. The van der Waals surface area contributed by atoms with E-state index < -0.39 is 0 Å². The summed E-state index contributed by atoms with van der Waals surface area (Å²) in [6.07, 6.45) is 3.91. The molecule has 92 valence electrons. The Morgan fingerprint density at radius 1 is 1.44 bits per heavy atom. The van der Waals surface area contributed by atoms with Crippen LogP contribution < -0.4 is 5.32 Å². The van der Waals surface area contributed by atoms with Gasteiger partial charge in [0.15, 0.2) is 0 Å². The SMILES string of the molecule is CCCOCCC(NCC)c1ccnn1C. The molecular formula is C12H23N3O. The molecule has 1 N–H and O–H groups in total. The first-order chi connectivity index (χ1) is 7.79. The highest BCUT2D eigenvalue weighted by Gasteiger charge is 2.13. The quantitative estimate of drug-likeness (QED) is 0.687. The van der Waals surface area contributed by atoms with E-state index in [0.29, 0.717) is 6.04 Å². The second-order valence-corrected chi connectivity index (χ2v) is 3.89. The Kier molecular flexibility index (Phi) is 6.11. The van der Waals surface area contributed by atoms with Crippen molar-refractivity contribution in [3.63, 3.8) is 0 Å². The molecule has 0 aliphatic carbocycles. The van der Waals surface area contributed by atoms with Crippen molar-refractivity contribution in [1.82, 2.24) is 15.1 Å². The van der Waals surface area contributed by atoms with Gasteiger partial charge in [0.1, 0.15) is 0 Å². The maximum Gasteiger partial charge on any atom is 0.0551 e. The Bertz CT molecular complexity index is 286. The van der Waals surface area contributed by atoms with Gasteiger partial charge in [0.2, 0.25) is 0 Å². The minimum absolute atomic E-state index is 0.342. The van der Waals surface area contributed by atoms with Gasteiger partial charge in [-0.05, 0) is 25.5 Å². The zero-order chi connectivity index (χ0) is 11.8. The molecule has 0 bridgehead atoms. The summed E-state index contributed by atoms with van der Waals surface area (Å²) < 4.78 is 7.45. The predicted molar refractivity (Wildman–Crippen MR) is 65.4 cm³/mol. The van der Waals surface area contributed by atoms with Gasteiger partial charge in [-0.25, -0.2) is 0 Å². The van der Waals surface area contributed by atoms with Crippen LogP contribution in [0.3, 0.4) is 0 Å². The summed E-state index contributed by atoms with van der Waals surface area (Å²) >= 11 is 0. The molecule has 0 amide bonds. The Hall–Kier alpha value is -0.870. The highest BCUT2D eigenvalue weighted by Crippen LogP contribution is 2.15. The van der Waals surface area contributed by atoms with E-state index in [2.05, 4.69) is 30.3 Å². The number of hydrogen-bond acceptors (Lipinski definition) is 3. The highest BCUT2D eigenvalue weighted by atomic mass is 16.5. The van der Waals surface area contributed by atoms with E-state index in [1.165, 1.54) is 5.69 Å². The van der Waals surface area contributed by atoms with Crippen LogP contribution in [0.1, 0.15) is 38.4 Å². The summed E-state index contributed by atoms with van der Waals surface area (Å²) in [7, 11) is 1.98.